The third kappa shape index (κ3) is 5.47. The third-order valence-electron chi connectivity index (χ3n) is 6.84. The van der Waals surface area contributed by atoms with Crippen LogP contribution in [-0.4, -0.2) is 71.9 Å². The second-order valence-corrected chi connectivity index (χ2v) is 9.65. The molecule has 0 N–H and O–H groups in total. The number of halogens is 17. The van der Waals surface area contributed by atoms with Gasteiger partial charge in [0.25, 0.3) is 0 Å². The molecule has 0 aromatic rings. The van der Waals surface area contributed by atoms with Crippen molar-refractivity contribution in [1.82, 2.24) is 4.90 Å². The summed E-state index contributed by atoms with van der Waals surface area (Å²) in [6.45, 7) is 10.8. The summed E-state index contributed by atoms with van der Waals surface area (Å²) in [6.07, 6.45) is 8.09. The molecule has 1 nitrogen and oxygen atoms in total. The van der Waals surface area contributed by atoms with E-state index < -0.39 is 59.2 Å². The molecule has 0 atom stereocenters. The maximum atomic E-state index is 13.4. The monoisotopic (exact) mass is 631 g/mol. The highest BCUT2D eigenvalue weighted by Crippen LogP contribution is 2.76. The summed E-state index contributed by atoms with van der Waals surface area (Å²) in [5.41, 5.74) is 0. The van der Waals surface area contributed by atoms with Crippen LogP contribution < -0.4 is 0 Å². The molecule has 2 saturated carbocycles. The van der Waals surface area contributed by atoms with Crippen LogP contribution in [0.25, 0.3) is 0 Å². The number of rotatable bonds is 9. The first kappa shape index (κ1) is 38.8. The molecular formula is C22H30F17N. The van der Waals surface area contributed by atoms with Gasteiger partial charge < -0.3 is 4.90 Å². The standard InChI is InChI=1S/C12H27N.C10H2F16.FH/c1-4-7-10-13(11-8-5-2)12-9-6-3;11-3(12)1-2(5(15,16)9(23,24)7(3,19)20)6(17,18)10(25,26)8(21,22)4(1,13)14;/h4-12H2,1-3H3;1-2H;1H. The van der Waals surface area contributed by atoms with Crippen LogP contribution >= 0.6 is 0 Å². The van der Waals surface area contributed by atoms with Crippen molar-refractivity contribution < 1.29 is 75.0 Å². The predicted octanol–water partition coefficient (Wildman–Crippen LogP) is 9.17. The number of fused-ring (bicyclic) bond motifs is 1. The summed E-state index contributed by atoms with van der Waals surface area (Å²) in [4.78, 5) is 2.64. The molecule has 0 aliphatic heterocycles. The van der Waals surface area contributed by atoms with Gasteiger partial charge in [0.2, 0.25) is 0 Å². The second-order valence-electron chi connectivity index (χ2n) is 9.65. The molecule has 0 spiro atoms. The van der Waals surface area contributed by atoms with E-state index in [2.05, 4.69) is 25.7 Å². The lowest BCUT2D eigenvalue weighted by atomic mass is 9.58. The topological polar surface area (TPSA) is 3.24 Å². The Hall–Kier alpha value is -1.23. The summed E-state index contributed by atoms with van der Waals surface area (Å²) in [6, 6.07) is 0. The second kappa shape index (κ2) is 12.2. The number of alkyl halides is 16. The average molecular weight is 631 g/mol. The van der Waals surface area contributed by atoms with E-state index in [-0.39, 0.29) is 4.70 Å². The molecule has 242 valence electrons. The molecular weight excluding hydrogens is 601 g/mol. The molecule has 2 aliphatic rings. The molecule has 0 bridgehead atoms. The van der Waals surface area contributed by atoms with Gasteiger partial charge in [-0.05, 0) is 38.9 Å². The van der Waals surface area contributed by atoms with Crippen molar-refractivity contribution in [1.29, 1.82) is 0 Å². The maximum absolute atomic E-state index is 13.4. The van der Waals surface area contributed by atoms with Crippen molar-refractivity contribution in [2.75, 3.05) is 19.6 Å². The first-order valence-corrected chi connectivity index (χ1v) is 12.1. The fourth-order valence-electron chi connectivity index (χ4n) is 4.39. The normalized spacial score (nSPS) is 29.4. The lowest BCUT2D eigenvalue weighted by Crippen LogP contribution is -2.85. The fourth-order valence-corrected chi connectivity index (χ4v) is 4.39. The largest absolute Gasteiger partial charge is 0.378 e. The fraction of sp³-hybridized carbons (Fsp3) is 1.00. The minimum absolute atomic E-state index is 0. The maximum Gasteiger partial charge on any atom is 0.378 e. The smallest absolute Gasteiger partial charge is 0.303 e. The molecule has 40 heavy (non-hydrogen) atoms. The Balaban J connectivity index is 0.000000925. The average Bonchev–Trinajstić information content (AvgIpc) is 2.79. The van der Waals surface area contributed by atoms with Crippen molar-refractivity contribution in [2.45, 2.75) is 107 Å². The number of unbranched alkanes of at least 4 members (excludes halogenated alkanes) is 3. The molecule has 0 radical (unpaired) electrons. The van der Waals surface area contributed by atoms with Crippen molar-refractivity contribution in [3.8, 4) is 0 Å². The van der Waals surface area contributed by atoms with Crippen LogP contribution in [0.1, 0.15) is 59.3 Å². The van der Waals surface area contributed by atoms with Crippen LogP contribution in [0.2, 0.25) is 0 Å². The summed E-state index contributed by atoms with van der Waals surface area (Å²) >= 11 is 0. The molecule has 18 heteroatoms. The lowest BCUT2D eigenvalue weighted by molar-refractivity contribution is -0.513. The summed E-state index contributed by atoms with van der Waals surface area (Å²) in [5.74, 6) is -71.4. The SMILES string of the molecule is CCCCN(CCCC)CCCC.F.FC1(F)C2C(C(F)(F)C(F)(F)C1(F)F)C(F)(F)C(F)(F)C(F)(F)C2(F)F. The van der Waals surface area contributed by atoms with E-state index in [0.29, 0.717) is 0 Å². The first-order valence-electron chi connectivity index (χ1n) is 12.1. The van der Waals surface area contributed by atoms with E-state index >= 15 is 0 Å². The Bertz CT molecular complexity index is 686. The summed E-state index contributed by atoms with van der Waals surface area (Å²) < 4.78 is 212. The highest BCUT2D eigenvalue weighted by Gasteiger charge is 3.02. The third-order valence-corrected chi connectivity index (χ3v) is 6.84. The van der Waals surface area contributed by atoms with Gasteiger partial charge in [0, 0.05) is 0 Å². The quantitative estimate of drug-likeness (QED) is 0.230. The molecule has 0 saturated heterocycles. The van der Waals surface area contributed by atoms with Crippen molar-refractivity contribution in [3.63, 3.8) is 0 Å². The van der Waals surface area contributed by atoms with Crippen molar-refractivity contribution >= 4 is 0 Å². The van der Waals surface area contributed by atoms with E-state index in [1.165, 1.54) is 58.2 Å². The highest BCUT2D eigenvalue weighted by molar-refractivity contribution is 5.27. The number of nitrogens with zero attached hydrogens (tertiary/aromatic N) is 1. The Morgan fingerprint density at radius 1 is 0.400 bits per heavy atom. The van der Waals surface area contributed by atoms with Gasteiger partial charge in [-0.1, -0.05) is 40.0 Å². The van der Waals surface area contributed by atoms with Gasteiger partial charge in [0.15, 0.2) is 0 Å². The summed E-state index contributed by atoms with van der Waals surface area (Å²) in [7, 11) is 0. The molecule has 2 fully saturated rings. The summed E-state index contributed by atoms with van der Waals surface area (Å²) in [5, 5.41) is 0. The van der Waals surface area contributed by atoms with Crippen LogP contribution in [-0.2, 0) is 0 Å². The van der Waals surface area contributed by atoms with E-state index in [0.717, 1.165) is 0 Å². The zero-order valence-electron chi connectivity index (χ0n) is 21.4. The van der Waals surface area contributed by atoms with E-state index in [1.807, 2.05) is 0 Å². The van der Waals surface area contributed by atoms with Gasteiger partial charge >= 0.3 is 47.4 Å². The molecule has 2 aliphatic carbocycles. The van der Waals surface area contributed by atoms with Crippen LogP contribution in [0.3, 0.4) is 0 Å². The Labute approximate surface area is 219 Å². The van der Waals surface area contributed by atoms with Crippen LogP contribution in [0, 0.1) is 11.8 Å². The van der Waals surface area contributed by atoms with E-state index in [4.69, 9.17) is 0 Å². The highest BCUT2D eigenvalue weighted by atomic mass is 19.4. The lowest BCUT2D eigenvalue weighted by Gasteiger charge is -2.58. The molecule has 0 unspecified atom stereocenters. The van der Waals surface area contributed by atoms with Gasteiger partial charge in [-0.15, -0.1) is 0 Å². The van der Waals surface area contributed by atoms with Gasteiger partial charge in [-0.2, -0.15) is 70.2 Å². The molecule has 2 rings (SSSR count). The Kier molecular flexibility index (Phi) is 11.8. The van der Waals surface area contributed by atoms with E-state index in [1.54, 1.807) is 0 Å². The molecule has 0 heterocycles. The Morgan fingerprint density at radius 3 is 0.725 bits per heavy atom. The van der Waals surface area contributed by atoms with Crippen LogP contribution in [0.15, 0.2) is 0 Å². The zero-order chi connectivity index (χ0) is 31.1. The molecule has 0 aromatic heterocycles. The van der Waals surface area contributed by atoms with Crippen LogP contribution in [0.4, 0.5) is 75.0 Å². The van der Waals surface area contributed by atoms with Gasteiger partial charge in [-0.25, -0.2) is 0 Å². The Morgan fingerprint density at radius 2 is 0.575 bits per heavy atom. The minimum atomic E-state index is -7.55. The van der Waals surface area contributed by atoms with Gasteiger partial charge in [-0.3, -0.25) is 4.70 Å². The predicted molar refractivity (Wildman–Crippen MR) is 110 cm³/mol. The van der Waals surface area contributed by atoms with Gasteiger partial charge in [0.1, 0.15) is 11.8 Å². The van der Waals surface area contributed by atoms with Gasteiger partial charge in [0.05, 0.1) is 0 Å². The minimum Gasteiger partial charge on any atom is -0.303 e. The molecule has 0 amide bonds. The number of hydrogen-bond acceptors (Lipinski definition) is 1. The first-order chi connectivity index (χ1) is 17.3. The number of hydrogen-bond donors (Lipinski definition) is 0. The van der Waals surface area contributed by atoms with E-state index in [9.17, 15) is 70.2 Å². The van der Waals surface area contributed by atoms with Crippen molar-refractivity contribution in [3.05, 3.63) is 0 Å². The van der Waals surface area contributed by atoms with Crippen LogP contribution in [0.5, 0.6) is 0 Å². The molecule has 0 aromatic carbocycles. The van der Waals surface area contributed by atoms with Crippen molar-refractivity contribution in [2.24, 2.45) is 11.8 Å². The zero-order valence-corrected chi connectivity index (χ0v) is 21.4.